The minimum absolute atomic E-state index is 0.218. The molecule has 3 aromatic carbocycles. The first-order valence-corrected chi connectivity index (χ1v) is 9.99. The Morgan fingerprint density at radius 1 is 1.04 bits per heavy atom. The number of carbonyl (C=O) groups excluding carboxylic acids is 1. The molecule has 1 N–H and O–H groups in total. The van der Waals surface area contributed by atoms with Crippen LogP contribution in [0.15, 0.2) is 71.1 Å². The number of benzene rings is 3. The van der Waals surface area contributed by atoms with Crippen molar-refractivity contribution in [1.82, 2.24) is 10.2 Å². The van der Waals surface area contributed by atoms with E-state index in [-0.39, 0.29) is 11.7 Å². The molecule has 0 atom stereocenters. The van der Waals surface area contributed by atoms with Gasteiger partial charge in [0.1, 0.15) is 5.82 Å². The summed E-state index contributed by atoms with van der Waals surface area (Å²) in [6.07, 6.45) is 0. The lowest BCUT2D eigenvalue weighted by Crippen LogP contribution is -2.12. The summed E-state index contributed by atoms with van der Waals surface area (Å²) in [5, 5.41) is 13.3. The molecular formula is C20H14FN3OS2. The van der Waals surface area contributed by atoms with Crippen LogP contribution in [0.4, 0.5) is 9.52 Å². The minimum atomic E-state index is -0.256. The number of thioether (sulfide) groups is 1. The molecule has 4 nitrogen and oxygen atoms in total. The van der Waals surface area contributed by atoms with E-state index >= 15 is 0 Å². The van der Waals surface area contributed by atoms with Gasteiger partial charge < -0.3 is 0 Å². The molecule has 0 radical (unpaired) electrons. The molecule has 4 aromatic rings. The number of rotatable bonds is 5. The van der Waals surface area contributed by atoms with E-state index < -0.39 is 0 Å². The van der Waals surface area contributed by atoms with Crippen LogP contribution in [-0.4, -0.2) is 16.1 Å². The van der Waals surface area contributed by atoms with E-state index in [0.717, 1.165) is 16.3 Å². The van der Waals surface area contributed by atoms with Crippen LogP contribution in [0.5, 0.6) is 0 Å². The number of fused-ring (bicyclic) bond motifs is 1. The fourth-order valence-electron chi connectivity index (χ4n) is 2.68. The predicted octanol–water partition coefficient (Wildman–Crippen LogP) is 5.38. The van der Waals surface area contributed by atoms with Gasteiger partial charge in [-0.15, -0.1) is 10.2 Å². The molecule has 0 saturated heterocycles. The molecular weight excluding hydrogens is 381 g/mol. The van der Waals surface area contributed by atoms with Crippen LogP contribution in [0, 0.1) is 5.82 Å². The van der Waals surface area contributed by atoms with E-state index in [1.807, 2.05) is 42.5 Å². The summed E-state index contributed by atoms with van der Waals surface area (Å²) in [5.41, 5.74) is 1.47. The third-order valence-electron chi connectivity index (χ3n) is 3.91. The van der Waals surface area contributed by atoms with Gasteiger partial charge in [-0.1, -0.05) is 71.6 Å². The lowest BCUT2D eigenvalue weighted by atomic mass is 10.0. The van der Waals surface area contributed by atoms with Gasteiger partial charge in [-0.3, -0.25) is 10.1 Å². The molecule has 4 rings (SSSR count). The van der Waals surface area contributed by atoms with Crippen molar-refractivity contribution in [2.75, 3.05) is 5.32 Å². The lowest BCUT2D eigenvalue weighted by Gasteiger charge is -2.05. The Balaban J connectivity index is 1.45. The molecule has 0 saturated carbocycles. The van der Waals surface area contributed by atoms with Crippen LogP contribution in [0.25, 0.3) is 10.8 Å². The van der Waals surface area contributed by atoms with Crippen molar-refractivity contribution in [3.8, 4) is 0 Å². The van der Waals surface area contributed by atoms with Gasteiger partial charge in [-0.25, -0.2) is 4.39 Å². The van der Waals surface area contributed by atoms with Gasteiger partial charge >= 0.3 is 0 Å². The number of hydrogen-bond donors (Lipinski definition) is 1. The fourth-order valence-corrected chi connectivity index (χ4v) is 4.37. The van der Waals surface area contributed by atoms with Crippen LogP contribution < -0.4 is 5.32 Å². The van der Waals surface area contributed by atoms with Crippen LogP contribution >= 0.6 is 23.1 Å². The number of hydrogen-bond acceptors (Lipinski definition) is 5. The highest BCUT2D eigenvalue weighted by atomic mass is 32.2. The van der Waals surface area contributed by atoms with Gasteiger partial charge in [0.25, 0.3) is 5.91 Å². The number of halogens is 1. The SMILES string of the molecule is O=C(Nc1nnc(SCc2cccc(F)c2)s1)c1cccc2ccccc12. The Labute approximate surface area is 163 Å². The van der Waals surface area contributed by atoms with Gasteiger partial charge in [0, 0.05) is 11.3 Å². The molecule has 27 heavy (non-hydrogen) atoms. The zero-order valence-electron chi connectivity index (χ0n) is 14.1. The monoisotopic (exact) mass is 395 g/mol. The molecule has 0 unspecified atom stereocenters. The quantitative estimate of drug-likeness (QED) is 0.364. The van der Waals surface area contributed by atoms with Crippen molar-refractivity contribution in [2.45, 2.75) is 10.1 Å². The summed E-state index contributed by atoms with van der Waals surface area (Å²) < 4.78 is 13.9. The maximum atomic E-state index is 13.2. The van der Waals surface area contributed by atoms with E-state index in [4.69, 9.17) is 0 Å². The van der Waals surface area contributed by atoms with Gasteiger partial charge in [0.05, 0.1) is 0 Å². The maximum absolute atomic E-state index is 13.2. The van der Waals surface area contributed by atoms with E-state index in [2.05, 4.69) is 15.5 Å². The van der Waals surface area contributed by atoms with Gasteiger partial charge in [0.2, 0.25) is 5.13 Å². The third kappa shape index (κ3) is 4.15. The lowest BCUT2D eigenvalue weighted by molar-refractivity contribution is 0.102. The van der Waals surface area contributed by atoms with Crippen LogP contribution in [-0.2, 0) is 5.75 Å². The summed E-state index contributed by atoms with van der Waals surface area (Å²) in [5.74, 6) is 0.113. The van der Waals surface area contributed by atoms with Crippen molar-refractivity contribution in [1.29, 1.82) is 0 Å². The Hall–Kier alpha value is -2.77. The topological polar surface area (TPSA) is 54.9 Å². The van der Waals surface area contributed by atoms with E-state index in [9.17, 15) is 9.18 Å². The highest BCUT2D eigenvalue weighted by Gasteiger charge is 2.13. The third-order valence-corrected chi connectivity index (χ3v) is 5.96. The molecule has 134 valence electrons. The molecule has 7 heteroatoms. The van der Waals surface area contributed by atoms with Crippen LogP contribution in [0.3, 0.4) is 0 Å². The second-order valence-electron chi connectivity index (χ2n) is 5.77. The summed E-state index contributed by atoms with van der Waals surface area (Å²) in [6, 6.07) is 19.8. The molecule has 0 bridgehead atoms. The summed E-state index contributed by atoms with van der Waals surface area (Å²) in [7, 11) is 0. The molecule has 0 aliphatic carbocycles. The van der Waals surface area contributed by atoms with Crippen LogP contribution in [0.2, 0.25) is 0 Å². The largest absolute Gasteiger partial charge is 0.296 e. The number of amides is 1. The molecule has 0 aliphatic rings. The maximum Gasteiger partial charge on any atom is 0.258 e. The van der Waals surface area contributed by atoms with Gasteiger partial charge in [0.15, 0.2) is 4.34 Å². The number of nitrogens with zero attached hydrogens (tertiary/aromatic N) is 2. The van der Waals surface area contributed by atoms with Crippen molar-refractivity contribution < 1.29 is 9.18 Å². The zero-order valence-corrected chi connectivity index (χ0v) is 15.7. The van der Waals surface area contributed by atoms with Crippen molar-refractivity contribution in [3.63, 3.8) is 0 Å². The molecule has 1 heterocycles. The van der Waals surface area contributed by atoms with E-state index in [0.29, 0.717) is 20.8 Å². The molecule has 1 aromatic heterocycles. The second kappa shape index (κ2) is 7.85. The Morgan fingerprint density at radius 3 is 2.74 bits per heavy atom. The highest BCUT2D eigenvalue weighted by molar-refractivity contribution is 8.00. The number of anilines is 1. The summed E-state index contributed by atoms with van der Waals surface area (Å²) in [6.45, 7) is 0. The average Bonchev–Trinajstić information content (AvgIpc) is 3.13. The molecule has 0 aliphatic heterocycles. The average molecular weight is 395 g/mol. The van der Waals surface area contributed by atoms with Crippen molar-refractivity contribution in [3.05, 3.63) is 83.7 Å². The first-order valence-electron chi connectivity index (χ1n) is 8.19. The number of aromatic nitrogens is 2. The number of nitrogens with one attached hydrogen (secondary N) is 1. The zero-order chi connectivity index (χ0) is 18.6. The first-order chi connectivity index (χ1) is 13.2. The fraction of sp³-hybridized carbons (Fsp3) is 0.0500. The summed E-state index contributed by atoms with van der Waals surface area (Å²) >= 11 is 2.76. The Kier molecular flexibility index (Phi) is 5.13. The normalized spacial score (nSPS) is 10.9. The van der Waals surface area contributed by atoms with Gasteiger partial charge in [-0.05, 0) is 34.5 Å². The Bertz CT molecular complexity index is 1110. The number of carbonyl (C=O) groups is 1. The second-order valence-corrected chi connectivity index (χ2v) is 7.97. The highest BCUT2D eigenvalue weighted by Crippen LogP contribution is 2.29. The van der Waals surface area contributed by atoms with Crippen LogP contribution in [0.1, 0.15) is 15.9 Å². The summed E-state index contributed by atoms with van der Waals surface area (Å²) in [4.78, 5) is 12.6. The van der Waals surface area contributed by atoms with Crippen molar-refractivity contribution in [2.24, 2.45) is 0 Å². The predicted molar refractivity (Wildman–Crippen MR) is 108 cm³/mol. The Morgan fingerprint density at radius 2 is 1.85 bits per heavy atom. The van der Waals surface area contributed by atoms with Gasteiger partial charge in [-0.2, -0.15) is 0 Å². The van der Waals surface area contributed by atoms with E-state index in [1.165, 1.54) is 35.2 Å². The molecule has 1 amide bonds. The first kappa shape index (κ1) is 17.6. The molecule has 0 fully saturated rings. The minimum Gasteiger partial charge on any atom is -0.296 e. The van der Waals surface area contributed by atoms with E-state index in [1.54, 1.807) is 12.1 Å². The smallest absolute Gasteiger partial charge is 0.258 e. The standard InChI is InChI=1S/C20H14FN3OS2/c21-15-8-3-5-13(11-15)12-26-20-24-23-19(27-20)22-18(25)17-10-4-7-14-6-1-2-9-16(14)17/h1-11H,12H2,(H,22,23,25). The van der Waals surface area contributed by atoms with Crippen molar-refractivity contribution >= 4 is 44.9 Å². The molecule has 0 spiro atoms.